The molecule has 0 aliphatic heterocycles. The summed E-state index contributed by atoms with van der Waals surface area (Å²) in [4.78, 5) is 0. The lowest BCUT2D eigenvalue weighted by Gasteiger charge is -2.43. The van der Waals surface area contributed by atoms with Crippen LogP contribution in [0.3, 0.4) is 0 Å². The minimum atomic E-state index is -2.08. The zero-order chi connectivity index (χ0) is 22.4. The van der Waals surface area contributed by atoms with Crippen molar-refractivity contribution in [1.82, 2.24) is 0 Å². The Balaban J connectivity index is 2.34. The summed E-state index contributed by atoms with van der Waals surface area (Å²) in [6.07, 6.45) is 0. The minimum absolute atomic E-state index is 0.502. The van der Waals surface area contributed by atoms with Crippen LogP contribution in [0.25, 0.3) is 5.76 Å². The van der Waals surface area contributed by atoms with Crippen molar-refractivity contribution in [2.75, 3.05) is 5.75 Å². The number of rotatable bonds is 10. The van der Waals surface area contributed by atoms with Gasteiger partial charge in [0.25, 0.3) is 8.32 Å². The van der Waals surface area contributed by atoms with E-state index in [1.807, 2.05) is 43.3 Å². The molecule has 1 atom stereocenters. The van der Waals surface area contributed by atoms with E-state index in [1.54, 1.807) is 11.8 Å². The Bertz CT molecular complexity index is 777. The summed E-state index contributed by atoms with van der Waals surface area (Å²) in [7, 11) is -2.08. The van der Waals surface area contributed by atoms with Crippen LogP contribution in [0.5, 0.6) is 0 Å². The van der Waals surface area contributed by atoms with Crippen LogP contribution in [0, 0.1) is 0 Å². The summed E-state index contributed by atoms with van der Waals surface area (Å²) in [6.45, 7) is 15.7. The Morgan fingerprint density at radius 3 is 1.83 bits per heavy atom. The van der Waals surface area contributed by atoms with Crippen LogP contribution in [0.15, 0.2) is 66.1 Å². The van der Waals surface area contributed by atoms with Gasteiger partial charge in [0.05, 0.1) is 5.60 Å². The van der Waals surface area contributed by atoms with Gasteiger partial charge in [-0.25, -0.2) is 0 Å². The zero-order valence-corrected chi connectivity index (χ0v) is 21.4. The molecule has 0 fully saturated rings. The predicted molar refractivity (Wildman–Crippen MR) is 135 cm³/mol. The highest BCUT2D eigenvalue weighted by molar-refractivity contribution is 8.02. The first-order valence-corrected chi connectivity index (χ1v) is 14.1. The third-order valence-electron chi connectivity index (χ3n) is 6.00. The summed E-state index contributed by atoms with van der Waals surface area (Å²) in [5.41, 5.74) is 2.64. The van der Waals surface area contributed by atoms with Crippen molar-refractivity contribution in [2.24, 2.45) is 0 Å². The van der Waals surface area contributed by atoms with Gasteiger partial charge in [-0.1, -0.05) is 102 Å². The lowest BCUT2D eigenvalue weighted by molar-refractivity contribution is 0.0841. The summed E-state index contributed by atoms with van der Waals surface area (Å²) >= 11 is 1.62. The van der Waals surface area contributed by atoms with Crippen molar-refractivity contribution < 1.29 is 9.53 Å². The topological polar surface area (TPSA) is 29.5 Å². The fraction of sp³-hybridized carbons (Fsp3) is 0.462. The van der Waals surface area contributed by atoms with Gasteiger partial charge >= 0.3 is 0 Å². The molecule has 4 heteroatoms. The Morgan fingerprint density at radius 1 is 0.900 bits per heavy atom. The molecule has 164 valence electrons. The highest BCUT2D eigenvalue weighted by atomic mass is 32.2. The van der Waals surface area contributed by atoms with Crippen molar-refractivity contribution in [2.45, 2.75) is 70.7 Å². The summed E-state index contributed by atoms with van der Waals surface area (Å²) in [6, 6.07) is 20.2. The number of thioether (sulfide) groups is 1. The van der Waals surface area contributed by atoms with E-state index in [9.17, 15) is 5.11 Å². The van der Waals surface area contributed by atoms with Gasteiger partial charge in [0.1, 0.15) is 5.76 Å². The second-order valence-electron chi connectivity index (χ2n) is 9.22. The van der Waals surface area contributed by atoms with Gasteiger partial charge in [0.15, 0.2) is 0 Å². The van der Waals surface area contributed by atoms with E-state index in [0.717, 1.165) is 16.9 Å². The molecule has 0 saturated carbocycles. The van der Waals surface area contributed by atoms with Gasteiger partial charge in [0, 0.05) is 16.7 Å². The maximum Gasteiger partial charge on any atom is 0.258 e. The molecule has 2 aromatic rings. The molecule has 0 aliphatic carbocycles. The lowest BCUT2D eigenvalue weighted by Crippen LogP contribution is -2.47. The van der Waals surface area contributed by atoms with Crippen molar-refractivity contribution in [3.8, 4) is 0 Å². The Hall–Kier alpha value is -1.49. The van der Waals surface area contributed by atoms with Crippen LogP contribution in [0.4, 0.5) is 0 Å². The Morgan fingerprint density at radius 2 is 1.37 bits per heavy atom. The van der Waals surface area contributed by atoms with Crippen molar-refractivity contribution in [3.63, 3.8) is 0 Å². The molecule has 0 radical (unpaired) electrons. The van der Waals surface area contributed by atoms with Crippen molar-refractivity contribution in [3.05, 3.63) is 77.2 Å². The van der Waals surface area contributed by atoms with Gasteiger partial charge in [-0.05, 0) is 29.1 Å². The second kappa shape index (κ2) is 10.7. The SMILES string of the molecule is CC(C)[Si](O/C(=C\SC[C@@](C)(O)c1ccccc1)c1ccccc1)(C(C)C)C(C)C. The van der Waals surface area contributed by atoms with Crippen LogP contribution >= 0.6 is 11.8 Å². The fourth-order valence-corrected chi connectivity index (χ4v) is 10.7. The summed E-state index contributed by atoms with van der Waals surface area (Å²) in [5.74, 6) is 1.50. The van der Waals surface area contributed by atoms with E-state index in [-0.39, 0.29) is 0 Å². The van der Waals surface area contributed by atoms with Gasteiger partial charge < -0.3 is 9.53 Å². The smallest absolute Gasteiger partial charge is 0.258 e. The summed E-state index contributed by atoms with van der Waals surface area (Å²) in [5, 5.41) is 13.1. The largest absolute Gasteiger partial charge is 0.542 e. The van der Waals surface area contributed by atoms with E-state index >= 15 is 0 Å². The molecule has 30 heavy (non-hydrogen) atoms. The standard InChI is InChI=1S/C26H38O2SSi/c1-20(2)30(21(3)4,22(5)6)28-25(23-14-10-8-11-15-23)18-29-19-26(7,27)24-16-12-9-13-17-24/h8-18,20-22,27H,19H2,1-7H3/b25-18-/t26-/m1/s1. The molecular formula is C26H38O2SSi. The van der Waals surface area contributed by atoms with Gasteiger partial charge in [0.2, 0.25) is 0 Å². The molecule has 0 aromatic heterocycles. The Labute approximate surface area is 188 Å². The Kier molecular flexibility index (Phi) is 8.83. The van der Waals surface area contributed by atoms with Crippen LogP contribution < -0.4 is 0 Å². The van der Waals surface area contributed by atoms with E-state index < -0.39 is 13.9 Å². The molecule has 0 bridgehead atoms. The van der Waals surface area contributed by atoms with Gasteiger partial charge in [-0.3, -0.25) is 0 Å². The van der Waals surface area contributed by atoms with Crippen LogP contribution in [-0.2, 0) is 10.0 Å². The molecule has 2 nitrogen and oxygen atoms in total. The van der Waals surface area contributed by atoms with Crippen LogP contribution in [0.1, 0.15) is 59.6 Å². The zero-order valence-electron chi connectivity index (χ0n) is 19.6. The van der Waals surface area contributed by atoms with Crippen LogP contribution in [0.2, 0.25) is 16.6 Å². The van der Waals surface area contributed by atoms with Crippen LogP contribution in [-0.4, -0.2) is 19.2 Å². The molecule has 0 unspecified atom stereocenters. The minimum Gasteiger partial charge on any atom is -0.542 e. The second-order valence-corrected chi connectivity index (χ2v) is 15.5. The van der Waals surface area contributed by atoms with E-state index in [4.69, 9.17) is 4.43 Å². The molecule has 0 amide bonds. The molecule has 0 aliphatic rings. The first-order chi connectivity index (χ1) is 14.1. The average molecular weight is 443 g/mol. The first-order valence-electron chi connectivity index (χ1n) is 10.9. The van der Waals surface area contributed by atoms with E-state index in [0.29, 0.717) is 22.4 Å². The van der Waals surface area contributed by atoms with E-state index in [1.165, 1.54) is 0 Å². The number of benzene rings is 2. The monoisotopic (exact) mass is 442 g/mol. The molecule has 0 saturated heterocycles. The predicted octanol–water partition coefficient (Wildman–Crippen LogP) is 7.82. The fourth-order valence-electron chi connectivity index (χ4n) is 4.46. The highest BCUT2D eigenvalue weighted by Gasteiger charge is 2.47. The molecule has 0 spiro atoms. The van der Waals surface area contributed by atoms with Crippen molar-refractivity contribution >= 4 is 25.8 Å². The molecule has 2 aromatic carbocycles. The first kappa shape index (κ1) is 24.8. The maximum atomic E-state index is 11.0. The van der Waals surface area contributed by atoms with Gasteiger partial charge in [-0.15, -0.1) is 11.8 Å². The number of aliphatic hydroxyl groups is 1. The van der Waals surface area contributed by atoms with E-state index in [2.05, 4.69) is 71.2 Å². The quantitative estimate of drug-likeness (QED) is 0.300. The maximum absolute atomic E-state index is 11.0. The third-order valence-corrected chi connectivity index (χ3v) is 13.1. The molecule has 2 rings (SSSR count). The third kappa shape index (κ3) is 5.80. The molecule has 1 N–H and O–H groups in total. The normalized spacial score (nSPS) is 15.0. The average Bonchev–Trinajstić information content (AvgIpc) is 2.71. The highest BCUT2D eigenvalue weighted by Crippen LogP contribution is 2.45. The number of hydrogen-bond donors (Lipinski definition) is 1. The molecule has 0 heterocycles. The summed E-state index contributed by atoms with van der Waals surface area (Å²) < 4.78 is 7.03. The number of hydrogen-bond acceptors (Lipinski definition) is 3. The van der Waals surface area contributed by atoms with Gasteiger partial charge in [-0.2, -0.15) is 0 Å². The molecular weight excluding hydrogens is 404 g/mol. The van der Waals surface area contributed by atoms with Crippen molar-refractivity contribution in [1.29, 1.82) is 0 Å². The lowest BCUT2D eigenvalue weighted by atomic mass is 9.99.